The van der Waals surface area contributed by atoms with E-state index >= 15 is 0 Å². The van der Waals surface area contributed by atoms with Crippen LogP contribution in [0.2, 0.25) is 15.1 Å². The Labute approximate surface area is 131 Å². The second-order valence-electron chi connectivity index (χ2n) is 4.24. The molecule has 0 unspecified atom stereocenters. The summed E-state index contributed by atoms with van der Waals surface area (Å²) in [4.78, 5) is 12.3. The number of halogens is 3. The minimum Gasteiger partial charge on any atom is -0.398 e. The highest BCUT2D eigenvalue weighted by molar-refractivity contribution is 6.42. The predicted molar refractivity (Wildman–Crippen MR) is 85.0 cm³/mol. The number of anilines is 2. The minimum absolute atomic E-state index is 0.267. The van der Waals surface area contributed by atoms with Crippen molar-refractivity contribution in [2.45, 2.75) is 6.92 Å². The summed E-state index contributed by atoms with van der Waals surface area (Å²) in [6.45, 7) is 1.80. The van der Waals surface area contributed by atoms with Crippen LogP contribution in [-0.4, -0.2) is 5.91 Å². The van der Waals surface area contributed by atoms with Gasteiger partial charge < -0.3 is 11.1 Å². The first kappa shape index (κ1) is 15.0. The van der Waals surface area contributed by atoms with Crippen LogP contribution in [0.15, 0.2) is 30.3 Å². The van der Waals surface area contributed by atoms with Gasteiger partial charge in [0, 0.05) is 10.7 Å². The molecule has 3 nitrogen and oxygen atoms in total. The molecular weight excluding hydrogens is 319 g/mol. The van der Waals surface area contributed by atoms with Gasteiger partial charge in [0.25, 0.3) is 5.91 Å². The highest BCUT2D eigenvalue weighted by atomic mass is 35.5. The molecule has 0 aliphatic heterocycles. The third-order valence-corrected chi connectivity index (χ3v) is 3.59. The maximum atomic E-state index is 12.3. The van der Waals surface area contributed by atoms with Crippen LogP contribution in [0.5, 0.6) is 0 Å². The molecule has 0 spiro atoms. The molecule has 0 bridgehead atoms. The minimum atomic E-state index is -0.369. The molecule has 0 aliphatic carbocycles. The Bertz CT molecular complexity index is 643. The summed E-state index contributed by atoms with van der Waals surface area (Å²) in [5.41, 5.74) is 7.70. The van der Waals surface area contributed by atoms with E-state index in [-0.39, 0.29) is 16.0 Å². The maximum Gasteiger partial charge on any atom is 0.258 e. The van der Waals surface area contributed by atoms with E-state index in [1.165, 1.54) is 12.1 Å². The Kier molecular flexibility index (Phi) is 4.43. The second-order valence-corrected chi connectivity index (χ2v) is 5.49. The van der Waals surface area contributed by atoms with E-state index in [0.29, 0.717) is 22.0 Å². The third kappa shape index (κ3) is 3.01. The van der Waals surface area contributed by atoms with Crippen LogP contribution in [-0.2, 0) is 0 Å². The van der Waals surface area contributed by atoms with Crippen LogP contribution in [0.4, 0.5) is 11.4 Å². The molecule has 2 aromatic rings. The van der Waals surface area contributed by atoms with Crippen molar-refractivity contribution in [2.24, 2.45) is 0 Å². The van der Waals surface area contributed by atoms with E-state index in [4.69, 9.17) is 40.5 Å². The van der Waals surface area contributed by atoms with Crippen molar-refractivity contribution in [3.05, 3.63) is 56.5 Å². The number of carbonyl (C=O) groups excluding carboxylic acids is 1. The number of aryl methyl sites for hydroxylation is 1. The first-order valence-electron chi connectivity index (χ1n) is 5.71. The van der Waals surface area contributed by atoms with Gasteiger partial charge in [-0.15, -0.1) is 0 Å². The number of amides is 1. The highest BCUT2D eigenvalue weighted by Crippen LogP contribution is 2.34. The number of rotatable bonds is 2. The Morgan fingerprint density at radius 1 is 1.15 bits per heavy atom. The van der Waals surface area contributed by atoms with Gasteiger partial charge >= 0.3 is 0 Å². The summed E-state index contributed by atoms with van der Waals surface area (Å²) in [6.07, 6.45) is 0. The quantitative estimate of drug-likeness (QED) is 0.778. The molecule has 0 fully saturated rings. The van der Waals surface area contributed by atoms with Crippen LogP contribution >= 0.6 is 34.8 Å². The van der Waals surface area contributed by atoms with Gasteiger partial charge in [-0.3, -0.25) is 4.79 Å². The molecule has 3 N–H and O–H groups in total. The van der Waals surface area contributed by atoms with Gasteiger partial charge in [-0.25, -0.2) is 0 Å². The fourth-order valence-electron chi connectivity index (χ4n) is 1.84. The molecule has 2 aromatic carbocycles. The summed E-state index contributed by atoms with van der Waals surface area (Å²) in [5, 5.41) is 3.59. The third-order valence-electron chi connectivity index (χ3n) is 2.78. The number of nitrogens with two attached hydrogens (primary N) is 1. The summed E-state index contributed by atoms with van der Waals surface area (Å²) in [7, 11) is 0. The van der Waals surface area contributed by atoms with Crippen molar-refractivity contribution in [3.8, 4) is 0 Å². The van der Waals surface area contributed by atoms with Gasteiger partial charge in [0.05, 0.1) is 21.3 Å². The average molecular weight is 330 g/mol. The van der Waals surface area contributed by atoms with Gasteiger partial charge in [0.1, 0.15) is 0 Å². The van der Waals surface area contributed by atoms with Crippen LogP contribution in [0, 0.1) is 6.92 Å². The lowest BCUT2D eigenvalue weighted by molar-refractivity contribution is 0.102. The fraction of sp³-hybridized carbons (Fsp3) is 0.0714. The molecule has 0 aromatic heterocycles. The zero-order chi connectivity index (χ0) is 14.9. The van der Waals surface area contributed by atoms with Crippen LogP contribution in [0.3, 0.4) is 0 Å². The van der Waals surface area contributed by atoms with Crippen molar-refractivity contribution >= 4 is 52.1 Å². The first-order valence-corrected chi connectivity index (χ1v) is 6.84. The number of hydrogen-bond donors (Lipinski definition) is 2. The molecule has 6 heteroatoms. The number of nitrogens with one attached hydrogen (secondary N) is 1. The Balaban J connectivity index is 2.38. The van der Waals surface area contributed by atoms with E-state index in [2.05, 4.69) is 5.32 Å². The van der Waals surface area contributed by atoms with Crippen molar-refractivity contribution in [2.75, 3.05) is 11.1 Å². The number of nitrogen functional groups attached to an aromatic ring is 1. The van der Waals surface area contributed by atoms with Crippen molar-refractivity contribution in [1.82, 2.24) is 0 Å². The molecule has 104 valence electrons. The molecule has 2 rings (SSSR count). The van der Waals surface area contributed by atoms with E-state index in [1.54, 1.807) is 25.1 Å². The number of carbonyl (C=O) groups is 1. The van der Waals surface area contributed by atoms with Crippen LogP contribution < -0.4 is 11.1 Å². The Morgan fingerprint density at radius 3 is 2.30 bits per heavy atom. The molecule has 0 saturated heterocycles. The zero-order valence-electron chi connectivity index (χ0n) is 10.5. The fourth-order valence-corrected chi connectivity index (χ4v) is 2.75. The van der Waals surface area contributed by atoms with E-state index < -0.39 is 0 Å². The first-order chi connectivity index (χ1) is 9.40. The smallest absolute Gasteiger partial charge is 0.258 e. The maximum absolute atomic E-state index is 12.3. The van der Waals surface area contributed by atoms with Crippen LogP contribution in [0.25, 0.3) is 0 Å². The highest BCUT2D eigenvalue weighted by Gasteiger charge is 2.16. The summed E-state index contributed by atoms with van der Waals surface area (Å²) < 4.78 is 0. The molecule has 0 atom stereocenters. The number of benzene rings is 2. The van der Waals surface area contributed by atoms with Gasteiger partial charge in [0.2, 0.25) is 0 Å². The Hall–Kier alpha value is -1.42. The SMILES string of the molecule is Cc1cccc(N)c1C(=O)Nc1c(Cl)cc(Cl)cc1Cl. The monoisotopic (exact) mass is 328 g/mol. The molecule has 0 radical (unpaired) electrons. The average Bonchev–Trinajstić information content (AvgIpc) is 2.33. The predicted octanol–water partition coefficient (Wildman–Crippen LogP) is 4.79. The van der Waals surface area contributed by atoms with Gasteiger partial charge in [-0.05, 0) is 30.7 Å². The molecule has 0 aliphatic rings. The summed E-state index contributed by atoms with van der Waals surface area (Å²) in [5.74, 6) is -0.369. The van der Waals surface area contributed by atoms with E-state index in [0.717, 1.165) is 5.56 Å². The lowest BCUT2D eigenvalue weighted by Crippen LogP contribution is -2.16. The van der Waals surface area contributed by atoms with Crippen molar-refractivity contribution in [1.29, 1.82) is 0 Å². The largest absolute Gasteiger partial charge is 0.398 e. The van der Waals surface area contributed by atoms with Gasteiger partial charge in [0.15, 0.2) is 0 Å². The van der Waals surface area contributed by atoms with Gasteiger partial charge in [-0.1, -0.05) is 46.9 Å². The standard InChI is InChI=1S/C14H11Cl3N2O/c1-7-3-2-4-11(18)12(7)14(20)19-13-9(16)5-8(15)6-10(13)17/h2-6H,18H2,1H3,(H,19,20). The number of hydrogen-bond acceptors (Lipinski definition) is 2. The normalized spacial score (nSPS) is 10.4. The van der Waals surface area contributed by atoms with Crippen LogP contribution in [0.1, 0.15) is 15.9 Å². The second kappa shape index (κ2) is 5.92. The summed E-state index contributed by atoms with van der Waals surface area (Å²) >= 11 is 17.9. The molecule has 1 amide bonds. The van der Waals surface area contributed by atoms with E-state index in [1.807, 2.05) is 0 Å². The molecule has 0 saturated carbocycles. The Morgan fingerprint density at radius 2 is 1.75 bits per heavy atom. The summed E-state index contributed by atoms with van der Waals surface area (Å²) in [6, 6.07) is 8.25. The lowest BCUT2D eigenvalue weighted by atomic mass is 10.1. The molecule has 0 heterocycles. The topological polar surface area (TPSA) is 55.1 Å². The zero-order valence-corrected chi connectivity index (χ0v) is 12.8. The molecular formula is C14H11Cl3N2O. The molecule has 20 heavy (non-hydrogen) atoms. The van der Waals surface area contributed by atoms with Crippen molar-refractivity contribution < 1.29 is 4.79 Å². The lowest BCUT2D eigenvalue weighted by Gasteiger charge is -2.12. The van der Waals surface area contributed by atoms with E-state index in [9.17, 15) is 4.79 Å². The van der Waals surface area contributed by atoms with Crippen molar-refractivity contribution in [3.63, 3.8) is 0 Å². The van der Waals surface area contributed by atoms with Gasteiger partial charge in [-0.2, -0.15) is 0 Å².